The molecule has 2 aromatic rings. The molecule has 0 unspecified atom stereocenters. The lowest BCUT2D eigenvalue weighted by Crippen LogP contribution is -1.96. The fourth-order valence-electron chi connectivity index (χ4n) is 1.56. The molecular weight excluding hydrogens is 331 g/mol. The molecule has 0 aliphatic rings. The van der Waals surface area contributed by atoms with Gasteiger partial charge in [-0.2, -0.15) is 5.10 Å². The maximum atomic E-state index is 11.1. The van der Waals surface area contributed by atoms with E-state index in [0.29, 0.717) is 12.2 Å². The van der Waals surface area contributed by atoms with Crippen LogP contribution in [0.25, 0.3) is 11.3 Å². The second-order valence-electron chi connectivity index (χ2n) is 3.56. The van der Waals surface area contributed by atoms with Crippen LogP contribution in [0.4, 0.5) is 0 Å². The molecule has 1 aromatic carbocycles. The fourth-order valence-corrected chi connectivity index (χ4v) is 1.92. The number of aromatic carboxylic acids is 1. The number of halogens is 1. The summed E-state index contributed by atoms with van der Waals surface area (Å²) < 4.78 is 2.75. The average Bonchev–Trinajstić information content (AvgIpc) is 2.74. The topological polar surface area (TPSA) is 55.1 Å². The Labute approximate surface area is 112 Å². The molecule has 0 saturated carbocycles. The smallest absolute Gasteiger partial charge is 0.339 e. The van der Waals surface area contributed by atoms with Gasteiger partial charge in [-0.1, -0.05) is 12.1 Å². The number of aryl methyl sites for hydroxylation is 1. The molecule has 0 amide bonds. The van der Waals surface area contributed by atoms with Crippen LogP contribution in [0.5, 0.6) is 0 Å². The Hall–Kier alpha value is -1.37. The highest BCUT2D eigenvalue weighted by atomic mass is 127. The summed E-state index contributed by atoms with van der Waals surface area (Å²) in [6.07, 6.45) is 1.57. The number of hydrogen-bond donors (Lipinski definition) is 1. The molecule has 0 fully saturated rings. The van der Waals surface area contributed by atoms with Gasteiger partial charge >= 0.3 is 5.97 Å². The van der Waals surface area contributed by atoms with Crippen LogP contribution < -0.4 is 0 Å². The molecule has 0 aliphatic heterocycles. The molecule has 1 aromatic heterocycles. The molecule has 0 spiro atoms. The first-order valence-corrected chi connectivity index (χ1v) is 6.26. The van der Waals surface area contributed by atoms with Crippen molar-refractivity contribution in [2.75, 3.05) is 0 Å². The van der Waals surface area contributed by atoms with Crippen LogP contribution in [-0.4, -0.2) is 20.9 Å². The van der Waals surface area contributed by atoms with Gasteiger partial charge in [-0.3, -0.25) is 4.68 Å². The molecule has 0 radical (unpaired) electrons. The van der Waals surface area contributed by atoms with Crippen molar-refractivity contribution in [3.63, 3.8) is 0 Å². The van der Waals surface area contributed by atoms with Crippen LogP contribution in [0, 0.1) is 3.57 Å². The lowest BCUT2D eigenvalue weighted by molar-refractivity contribution is 0.0697. The monoisotopic (exact) mass is 342 g/mol. The van der Waals surface area contributed by atoms with Crippen LogP contribution in [0.1, 0.15) is 17.3 Å². The number of hydrogen-bond acceptors (Lipinski definition) is 2. The SMILES string of the molecule is CCn1cc(C(=O)O)c(-c2ccc(I)cc2)n1. The minimum Gasteiger partial charge on any atom is -0.478 e. The highest BCUT2D eigenvalue weighted by Gasteiger charge is 2.16. The molecule has 5 heteroatoms. The van der Waals surface area contributed by atoms with E-state index in [0.717, 1.165) is 9.13 Å². The van der Waals surface area contributed by atoms with Crippen LogP contribution in [0.2, 0.25) is 0 Å². The molecule has 0 atom stereocenters. The molecule has 88 valence electrons. The van der Waals surface area contributed by atoms with Gasteiger partial charge in [0, 0.05) is 21.9 Å². The number of nitrogens with zero attached hydrogens (tertiary/aromatic N) is 2. The number of rotatable bonds is 3. The van der Waals surface area contributed by atoms with Gasteiger partial charge in [0.2, 0.25) is 0 Å². The summed E-state index contributed by atoms with van der Waals surface area (Å²) in [4.78, 5) is 11.1. The Morgan fingerprint density at radius 1 is 1.41 bits per heavy atom. The first kappa shape index (κ1) is 12.1. The molecule has 2 rings (SSSR count). The van der Waals surface area contributed by atoms with E-state index in [2.05, 4.69) is 27.7 Å². The zero-order chi connectivity index (χ0) is 12.4. The van der Waals surface area contributed by atoms with Crippen LogP contribution in [0.15, 0.2) is 30.5 Å². The maximum absolute atomic E-state index is 11.1. The summed E-state index contributed by atoms with van der Waals surface area (Å²) in [6.45, 7) is 2.58. The van der Waals surface area contributed by atoms with Gasteiger partial charge in [-0.05, 0) is 41.6 Å². The number of carbonyl (C=O) groups is 1. The third-order valence-electron chi connectivity index (χ3n) is 2.43. The number of carboxylic acid groups (broad SMARTS) is 1. The first-order valence-electron chi connectivity index (χ1n) is 5.18. The van der Waals surface area contributed by atoms with Gasteiger partial charge in [-0.25, -0.2) is 4.79 Å². The van der Waals surface area contributed by atoms with Crippen molar-refractivity contribution in [3.8, 4) is 11.3 Å². The molecule has 0 saturated heterocycles. The van der Waals surface area contributed by atoms with Gasteiger partial charge in [0.25, 0.3) is 0 Å². The summed E-state index contributed by atoms with van der Waals surface area (Å²) in [6, 6.07) is 7.64. The van der Waals surface area contributed by atoms with Gasteiger partial charge < -0.3 is 5.11 Å². The second kappa shape index (κ2) is 4.87. The zero-order valence-corrected chi connectivity index (χ0v) is 11.4. The fraction of sp³-hybridized carbons (Fsp3) is 0.167. The van der Waals surface area contributed by atoms with Crippen molar-refractivity contribution in [2.45, 2.75) is 13.5 Å². The Bertz CT molecular complexity index is 546. The Balaban J connectivity index is 2.53. The molecular formula is C12H11IN2O2. The Kier molecular flexibility index (Phi) is 3.46. The molecule has 17 heavy (non-hydrogen) atoms. The van der Waals surface area contributed by atoms with E-state index >= 15 is 0 Å². The highest BCUT2D eigenvalue weighted by Crippen LogP contribution is 2.23. The molecule has 1 heterocycles. The average molecular weight is 342 g/mol. The largest absolute Gasteiger partial charge is 0.478 e. The summed E-state index contributed by atoms with van der Waals surface area (Å²) in [5.74, 6) is -0.946. The van der Waals surface area contributed by atoms with E-state index in [1.54, 1.807) is 10.9 Å². The number of carboxylic acids is 1. The van der Waals surface area contributed by atoms with Gasteiger partial charge in [0.1, 0.15) is 11.3 Å². The van der Waals surface area contributed by atoms with Gasteiger partial charge in [-0.15, -0.1) is 0 Å². The van der Waals surface area contributed by atoms with Crippen molar-refractivity contribution in [3.05, 3.63) is 39.6 Å². The van der Waals surface area contributed by atoms with E-state index in [9.17, 15) is 4.79 Å². The van der Waals surface area contributed by atoms with Crippen LogP contribution in [-0.2, 0) is 6.54 Å². The predicted molar refractivity (Wildman–Crippen MR) is 73.0 cm³/mol. The Morgan fingerprint density at radius 3 is 2.59 bits per heavy atom. The van der Waals surface area contributed by atoms with Crippen molar-refractivity contribution in [1.29, 1.82) is 0 Å². The summed E-state index contributed by atoms with van der Waals surface area (Å²) in [7, 11) is 0. The van der Waals surface area contributed by atoms with Gasteiger partial charge in [0.05, 0.1) is 0 Å². The molecule has 4 nitrogen and oxygen atoms in total. The molecule has 0 aliphatic carbocycles. The number of aromatic nitrogens is 2. The normalized spacial score (nSPS) is 10.5. The number of benzene rings is 1. The van der Waals surface area contributed by atoms with Crippen LogP contribution >= 0.6 is 22.6 Å². The lowest BCUT2D eigenvalue weighted by atomic mass is 10.1. The minimum absolute atomic E-state index is 0.244. The Morgan fingerprint density at radius 2 is 2.06 bits per heavy atom. The van der Waals surface area contributed by atoms with E-state index in [-0.39, 0.29) is 5.56 Å². The summed E-state index contributed by atoms with van der Waals surface area (Å²) in [5, 5.41) is 13.4. The minimum atomic E-state index is -0.946. The predicted octanol–water partition coefficient (Wildman–Crippen LogP) is 2.87. The quantitative estimate of drug-likeness (QED) is 0.873. The summed E-state index contributed by atoms with van der Waals surface area (Å²) in [5.41, 5.74) is 1.60. The van der Waals surface area contributed by atoms with Crippen molar-refractivity contribution < 1.29 is 9.90 Å². The zero-order valence-electron chi connectivity index (χ0n) is 9.22. The van der Waals surface area contributed by atoms with E-state index in [1.807, 2.05) is 31.2 Å². The van der Waals surface area contributed by atoms with Crippen molar-refractivity contribution in [2.24, 2.45) is 0 Å². The highest BCUT2D eigenvalue weighted by molar-refractivity contribution is 14.1. The maximum Gasteiger partial charge on any atom is 0.339 e. The summed E-state index contributed by atoms with van der Waals surface area (Å²) >= 11 is 2.21. The van der Waals surface area contributed by atoms with Gasteiger partial charge in [0.15, 0.2) is 0 Å². The third kappa shape index (κ3) is 2.49. The van der Waals surface area contributed by atoms with Crippen molar-refractivity contribution >= 4 is 28.6 Å². The first-order chi connectivity index (χ1) is 8.11. The molecule has 0 bridgehead atoms. The third-order valence-corrected chi connectivity index (χ3v) is 3.15. The standard InChI is InChI=1S/C12H11IN2O2/c1-2-15-7-10(12(16)17)11(14-15)8-3-5-9(13)6-4-8/h3-7H,2H2,1H3,(H,16,17). The van der Waals surface area contributed by atoms with E-state index in [1.165, 1.54) is 0 Å². The van der Waals surface area contributed by atoms with Crippen molar-refractivity contribution in [1.82, 2.24) is 9.78 Å². The van der Waals surface area contributed by atoms with E-state index < -0.39 is 5.97 Å². The molecule has 1 N–H and O–H groups in total. The van der Waals surface area contributed by atoms with Crippen LogP contribution in [0.3, 0.4) is 0 Å². The lowest BCUT2D eigenvalue weighted by Gasteiger charge is -1.99. The second-order valence-corrected chi connectivity index (χ2v) is 4.80. The van der Waals surface area contributed by atoms with E-state index in [4.69, 9.17) is 5.11 Å².